The third-order valence-electron chi connectivity index (χ3n) is 6.19. The Kier molecular flexibility index (Phi) is 7.04. The van der Waals surface area contributed by atoms with Crippen molar-refractivity contribution in [2.24, 2.45) is 0 Å². The first-order valence-electron chi connectivity index (χ1n) is 11.2. The highest BCUT2D eigenvalue weighted by molar-refractivity contribution is 7.89. The van der Waals surface area contributed by atoms with Crippen molar-refractivity contribution in [3.05, 3.63) is 42.1 Å². The fraction of sp³-hybridized carbons (Fsp3) is 0.478. The molecule has 3 heterocycles. The number of nitrogens with zero attached hydrogens (tertiary/aromatic N) is 4. The lowest BCUT2D eigenvalue weighted by Gasteiger charge is -2.35. The van der Waals surface area contributed by atoms with Crippen LogP contribution in [0, 0.1) is 0 Å². The van der Waals surface area contributed by atoms with E-state index < -0.39 is 10.0 Å². The first-order valence-corrected chi connectivity index (χ1v) is 12.6. The van der Waals surface area contributed by atoms with E-state index in [1.807, 2.05) is 6.07 Å². The van der Waals surface area contributed by atoms with Crippen LogP contribution in [0.15, 0.2) is 41.4 Å². The zero-order valence-corrected chi connectivity index (χ0v) is 19.9. The number of piperidine rings is 1. The van der Waals surface area contributed by atoms with Crippen LogP contribution in [0.4, 0.5) is 5.82 Å². The zero-order valence-electron chi connectivity index (χ0n) is 19.1. The molecule has 1 amide bonds. The van der Waals surface area contributed by atoms with Gasteiger partial charge in [-0.1, -0.05) is 0 Å². The molecule has 0 unspecified atom stereocenters. The van der Waals surface area contributed by atoms with Gasteiger partial charge < -0.3 is 19.3 Å². The summed E-state index contributed by atoms with van der Waals surface area (Å²) in [5, 5.41) is 0. The average Bonchev–Trinajstić information content (AvgIpc) is 2.88. The number of rotatable bonds is 6. The van der Waals surface area contributed by atoms with Gasteiger partial charge in [-0.2, -0.15) is 4.31 Å². The molecule has 2 aliphatic heterocycles. The van der Waals surface area contributed by atoms with Crippen LogP contribution in [-0.4, -0.2) is 82.0 Å². The molecule has 178 valence electrons. The largest absolute Gasteiger partial charge is 0.493 e. The van der Waals surface area contributed by atoms with Gasteiger partial charge in [0.05, 0.1) is 24.7 Å². The maximum atomic E-state index is 13.3. The standard InChI is InChI=1S/C23H30N4O5S/c1-31-20-9-8-18(17-21(20)32-2)33(29,30)27-15-13-26(14-16-27)23(28)19-7-6-10-24-22(19)25-11-4-3-5-12-25/h6-10,17H,3-5,11-16H2,1-2H3. The smallest absolute Gasteiger partial charge is 0.257 e. The summed E-state index contributed by atoms with van der Waals surface area (Å²) in [6, 6.07) is 8.14. The lowest BCUT2D eigenvalue weighted by Crippen LogP contribution is -2.50. The van der Waals surface area contributed by atoms with Gasteiger partial charge in [0.25, 0.3) is 5.91 Å². The van der Waals surface area contributed by atoms with E-state index in [4.69, 9.17) is 9.47 Å². The Labute approximate surface area is 195 Å². The Morgan fingerprint density at radius 3 is 2.27 bits per heavy atom. The van der Waals surface area contributed by atoms with Gasteiger partial charge in [0, 0.05) is 51.5 Å². The molecule has 0 radical (unpaired) electrons. The molecule has 2 saturated heterocycles. The molecule has 0 spiro atoms. The molecule has 0 atom stereocenters. The van der Waals surface area contributed by atoms with Gasteiger partial charge in [-0.05, 0) is 43.5 Å². The lowest BCUT2D eigenvalue weighted by atomic mass is 10.1. The van der Waals surface area contributed by atoms with Gasteiger partial charge in [-0.15, -0.1) is 0 Å². The van der Waals surface area contributed by atoms with E-state index in [2.05, 4.69) is 9.88 Å². The molecule has 1 aromatic carbocycles. The van der Waals surface area contributed by atoms with Crippen LogP contribution in [0.3, 0.4) is 0 Å². The number of aromatic nitrogens is 1. The summed E-state index contributed by atoms with van der Waals surface area (Å²) in [5.41, 5.74) is 0.579. The van der Waals surface area contributed by atoms with Gasteiger partial charge in [-0.3, -0.25) is 4.79 Å². The van der Waals surface area contributed by atoms with Crippen LogP contribution < -0.4 is 14.4 Å². The number of methoxy groups -OCH3 is 2. The first-order chi connectivity index (χ1) is 16.0. The second-order valence-corrected chi connectivity index (χ2v) is 10.1. The summed E-state index contributed by atoms with van der Waals surface area (Å²) in [6.45, 7) is 2.88. The van der Waals surface area contributed by atoms with Crippen LogP contribution in [-0.2, 0) is 10.0 Å². The summed E-state index contributed by atoms with van der Waals surface area (Å²) >= 11 is 0. The molecule has 1 aromatic heterocycles. The predicted octanol–water partition coefficient (Wildman–Crippen LogP) is 2.24. The van der Waals surface area contributed by atoms with Gasteiger partial charge >= 0.3 is 0 Å². The molecule has 2 aromatic rings. The van der Waals surface area contributed by atoms with Crippen molar-refractivity contribution in [2.75, 3.05) is 58.4 Å². The number of ether oxygens (including phenoxy) is 2. The molecule has 0 aliphatic carbocycles. The molecule has 10 heteroatoms. The molecule has 2 fully saturated rings. The maximum absolute atomic E-state index is 13.3. The van der Waals surface area contributed by atoms with Gasteiger partial charge in [0.1, 0.15) is 5.82 Å². The third-order valence-corrected chi connectivity index (χ3v) is 8.09. The number of carbonyl (C=O) groups is 1. The molecule has 2 aliphatic rings. The Balaban J connectivity index is 1.47. The molecule has 0 N–H and O–H groups in total. The minimum atomic E-state index is -3.72. The number of sulfonamides is 1. The normalized spacial score (nSPS) is 17.6. The molecule has 9 nitrogen and oxygen atoms in total. The number of carbonyl (C=O) groups excluding carboxylic acids is 1. The average molecular weight is 475 g/mol. The topological polar surface area (TPSA) is 92.3 Å². The first kappa shape index (κ1) is 23.3. The number of amides is 1. The van der Waals surface area contributed by atoms with Crippen molar-refractivity contribution < 1.29 is 22.7 Å². The predicted molar refractivity (Wildman–Crippen MR) is 125 cm³/mol. The SMILES string of the molecule is COc1ccc(S(=O)(=O)N2CCN(C(=O)c3cccnc3N3CCCCC3)CC2)cc1OC. The number of benzene rings is 1. The van der Waals surface area contributed by atoms with Crippen LogP contribution in [0.5, 0.6) is 11.5 Å². The van der Waals surface area contributed by atoms with Crippen LogP contribution >= 0.6 is 0 Å². The highest BCUT2D eigenvalue weighted by atomic mass is 32.2. The van der Waals surface area contributed by atoms with Gasteiger partial charge in [-0.25, -0.2) is 13.4 Å². The van der Waals surface area contributed by atoms with E-state index in [1.165, 1.54) is 37.1 Å². The summed E-state index contributed by atoms with van der Waals surface area (Å²) < 4.78 is 38.2. The zero-order chi connectivity index (χ0) is 23.4. The van der Waals surface area contributed by atoms with E-state index in [0.29, 0.717) is 30.2 Å². The van der Waals surface area contributed by atoms with E-state index in [9.17, 15) is 13.2 Å². The highest BCUT2D eigenvalue weighted by Crippen LogP contribution is 2.31. The Morgan fingerprint density at radius 2 is 1.61 bits per heavy atom. The number of hydrogen-bond acceptors (Lipinski definition) is 7. The lowest BCUT2D eigenvalue weighted by molar-refractivity contribution is 0.0698. The van der Waals surface area contributed by atoms with E-state index >= 15 is 0 Å². The van der Waals surface area contributed by atoms with Crippen LogP contribution in [0.1, 0.15) is 29.6 Å². The van der Waals surface area contributed by atoms with Crippen molar-refractivity contribution in [1.29, 1.82) is 0 Å². The molecular weight excluding hydrogens is 444 g/mol. The molecule has 33 heavy (non-hydrogen) atoms. The second-order valence-electron chi connectivity index (χ2n) is 8.14. The third kappa shape index (κ3) is 4.77. The molecular formula is C23H30N4O5S. The van der Waals surface area contributed by atoms with Crippen molar-refractivity contribution >= 4 is 21.7 Å². The molecule has 0 saturated carbocycles. The van der Waals surface area contributed by atoms with E-state index in [1.54, 1.807) is 23.2 Å². The maximum Gasteiger partial charge on any atom is 0.257 e. The monoisotopic (exact) mass is 474 g/mol. The summed E-state index contributed by atoms with van der Waals surface area (Å²) in [4.78, 5) is 21.8. The summed E-state index contributed by atoms with van der Waals surface area (Å²) in [5.74, 6) is 1.44. The summed E-state index contributed by atoms with van der Waals surface area (Å²) in [6.07, 6.45) is 5.10. The molecule has 0 bridgehead atoms. The minimum Gasteiger partial charge on any atom is -0.493 e. The van der Waals surface area contributed by atoms with Crippen LogP contribution in [0.25, 0.3) is 0 Å². The Morgan fingerprint density at radius 1 is 0.909 bits per heavy atom. The number of pyridine rings is 1. The van der Waals surface area contributed by atoms with Crippen LogP contribution in [0.2, 0.25) is 0 Å². The quantitative estimate of drug-likeness (QED) is 0.634. The van der Waals surface area contributed by atoms with Crippen molar-refractivity contribution in [2.45, 2.75) is 24.2 Å². The van der Waals surface area contributed by atoms with Crippen molar-refractivity contribution in [1.82, 2.24) is 14.2 Å². The number of piperazine rings is 1. The highest BCUT2D eigenvalue weighted by Gasteiger charge is 2.32. The van der Waals surface area contributed by atoms with Crippen molar-refractivity contribution in [3.63, 3.8) is 0 Å². The van der Waals surface area contributed by atoms with Gasteiger partial charge in [0.2, 0.25) is 10.0 Å². The fourth-order valence-electron chi connectivity index (χ4n) is 4.35. The number of hydrogen-bond donors (Lipinski definition) is 0. The summed E-state index contributed by atoms with van der Waals surface area (Å²) in [7, 11) is -0.751. The Bertz CT molecular complexity index is 1090. The number of anilines is 1. The van der Waals surface area contributed by atoms with Crippen molar-refractivity contribution in [3.8, 4) is 11.5 Å². The molecule has 4 rings (SSSR count). The second kappa shape index (κ2) is 9.96. The van der Waals surface area contributed by atoms with E-state index in [0.717, 1.165) is 31.7 Å². The Hall–Kier alpha value is -2.85. The van der Waals surface area contributed by atoms with Gasteiger partial charge in [0.15, 0.2) is 11.5 Å². The minimum absolute atomic E-state index is 0.105. The van der Waals surface area contributed by atoms with E-state index in [-0.39, 0.29) is 23.9 Å². The fourth-order valence-corrected chi connectivity index (χ4v) is 5.79.